The second kappa shape index (κ2) is 8.36. The highest BCUT2D eigenvalue weighted by atomic mass is 31.2. The van der Waals surface area contributed by atoms with Crippen molar-refractivity contribution in [2.45, 2.75) is 32.1 Å². The number of benzene rings is 2. The molecule has 1 aliphatic carbocycles. The number of rotatable bonds is 7. The molecule has 1 aliphatic rings. The van der Waals surface area contributed by atoms with Gasteiger partial charge >= 0.3 is 7.75 Å². The molecule has 1 saturated carbocycles. The maximum Gasteiger partial charge on any atom is 0.512 e. The smallest absolute Gasteiger partial charge is 0.405 e. The molecule has 24 heavy (non-hydrogen) atoms. The molecule has 2 aromatic rings. The van der Waals surface area contributed by atoms with Crippen LogP contribution >= 0.6 is 7.75 Å². The third kappa shape index (κ3) is 5.12. The lowest BCUT2D eigenvalue weighted by molar-refractivity contribution is 0.330. The second-order valence-electron chi connectivity index (χ2n) is 6.17. The third-order valence-corrected chi connectivity index (χ3v) is 5.71. The van der Waals surface area contributed by atoms with Crippen LogP contribution in [0.5, 0.6) is 11.5 Å². The first-order chi connectivity index (χ1) is 11.7. The molecule has 1 fully saturated rings. The highest BCUT2D eigenvalue weighted by molar-refractivity contribution is 7.52. The first-order valence-corrected chi connectivity index (χ1v) is 10.1. The van der Waals surface area contributed by atoms with E-state index in [1.165, 1.54) is 32.1 Å². The van der Waals surface area contributed by atoms with E-state index in [1.807, 2.05) is 36.4 Å². The lowest BCUT2D eigenvalue weighted by Gasteiger charge is -2.25. The van der Waals surface area contributed by atoms with Gasteiger partial charge in [0.05, 0.1) is 0 Å². The van der Waals surface area contributed by atoms with Gasteiger partial charge in [0.15, 0.2) is 0 Å². The minimum atomic E-state index is -3.48. The van der Waals surface area contributed by atoms with Gasteiger partial charge in [-0.3, -0.25) is 0 Å². The predicted octanol–water partition coefficient (Wildman–Crippen LogP) is 5.42. The molecule has 2 aromatic carbocycles. The molecule has 0 bridgehead atoms. The first-order valence-electron chi connectivity index (χ1n) is 8.58. The molecular formula is C19H24NO3P. The van der Waals surface area contributed by atoms with Crippen molar-refractivity contribution in [1.29, 1.82) is 0 Å². The molecular weight excluding hydrogens is 321 g/mol. The van der Waals surface area contributed by atoms with Gasteiger partial charge in [0.25, 0.3) is 0 Å². The van der Waals surface area contributed by atoms with Crippen molar-refractivity contribution < 1.29 is 13.6 Å². The first kappa shape index (κ1) is 17.1. The molecule has 0 aliphatic heterocycles. The molecule has 0 unspecified atom stereocenters. The Morgan fingerprint density at radius 1 is 0.833 bits per heavy atom. The molecule has 0 atom stereocenters. The summed E-state index contributed by atoms with van der Waals surface area (Å²) in [7, 11) is -3.48. The van der Waals surface area contributed by atoms with Gasteiger partial charge in [-0.05, 0) is 43.0 Å². The van der Waals surface area contributed by atoms with Crippen molar-refractivity contribution in [3.8, 4) is 11.5 Å². The minimum absolute atomic E-state index is 0.533. The molecule has 4 nitrogen and oxygen atoms in total. The lowest BCUT2D eigenvalue weighted by atomic mass is 9.90. The van der Waals surface area contributed by atoms with E-state index < -0.39 is 7.75 Å². The number of nitrogens with one attached hydrogen (secondary N) is 1. The maximum absolute atomic E-state index is 13.2. The van der Waals surface area contributed by atoms with E-state index in [9.17, 15) is 4.57 Å². The van der Waals surface area contributed by atoms with E-state index in [0.717, 1.165) is 0 Å². The van der Waals surface area contributed by atoms with Gasteiger partial charge in [0.2, 0.25) is 0 Å². The van der Waals surface area contributed by atoms with E-state index in [2.05, 4.69) is 5.09 Å². The van der Waals surface area contributed by atoms with Crippen molar-refractivity contribution in [2.75, 3.05) is 6.54 Å². The Morgan fingerprint density at radius 3 is 1.83 bits per heavy atom. The minimum Gasteiger partial charge on any atom is -0.405 e. The zero-order valence-corrected chi connectivity index (χ0v) is 14.7. The van der Waals surface area contributed by atoms with E-state index >= 15 is 0 Å². The molecule has 5 heteroatoms. The zero-order chi connectivity index (χ0) is 16.7. The molecule has 0 heterocycles. The van der Waals surface area contributed by atoms with E-state index in [1.54, 1.807) is 24.3 Å². The van der Waals surface area contributed by atoms with Gasteiger partial charge in [0.1, 0.15) is 11.5 Å². The Hall–Kier alpha value is -1.77. The number of para-hydroxylation sites is 2. The van der Waals surface area contributed by atoms with Gasteiger partial charge in [-0.25, -0.2) is 9.65 Å². The largest absolute Gasteiger partial charge is 0.512 e. The summed E-state index contributed by atoms with van der Waals surface area (Å²) in [6.45, 7) is 0.650. The van der Waals surface area contributed by atoms with Gasteiger partial charge in [0, 0.05) is 6.54 Å². The molecule has 0 radical (unpaired) electrons. The number of hydrogen-bond donors (Lipinski definition) is 1. The summed E-state index contributed by atoms with van der Waals surface area (Å²) in [4.78, 5) is 0. The Bertz CT molecular complexity index is 611. The van der Waals surface area contributed by atoms with Crippen LogP contribution in [0, 0.1) is 5.92 Å². The van der Waals surface area contributed by atoms with Crippen molar-refractivity contribution in [2.24, 2.45) is 5.92 Å². The van der Waals surface area contributed by atoms with E-state index in [0.29, 0.717) is 24.0 Å². The summed E-state index contributed by atoms with van der Waals surface area (Å²) in [6, 6.07) is 18.3. The fourth-order valence-electron chi connectivity index (χ4n) is 2.96. The molecule has 128 valence electrons. The summed E-state index contributed by atoms with van der Waals surface area (Å²) in [5.74, 6) is 1.60. The lowest BCUT2D eigenvalue weighted by Crippen LogP contribution is -2.26. The third-order valence-electron chi connectivity index (χ3n) is 4.24. The molecule has 0 amide bonds. The molecule has 0 aromatic heterocycles. The van der Waals surface area contributed by atoms with Gasteiger partial charge < -0.3 is 9.05 Å². The van der Waals surface area contributed by atoms with Crippen LogP contribution in [0.15, 0.2) is 60.7 Å². The number of hydrogen-bond acceptors (Lipinski definition) is 3. The topological polar surface area (TPSA) is 47.6 Å². The molecule has 0 saturated heterocycles. The standard InChI is InChI=1S/C19H24NO3P/c21-24(22-18-12-6-2-7-13-18,23-19-14-8-3-9-15-19)20-16-17-10-4-1-5-11-17/h2-3,6-9,12-15,17H,1,4-5,10-11,16H2,(H,20,21). The van der Waals surface area contributed by atoms with E-state index in [-0.39, 0.29) is 0 Å². The average molecular weight is 345 g/mol. The summed E-state index contributed by atoms with van der Waals surface area (Å²) in [5, 5.41) is 3.07. The molecule has 0 spiro atoms. The Morgan fingerprint density at radius 2 is 1.33 bits per heavy atom. The van der Waals surface area contributed by atoms with Crippen molar-refractivity contribution in [1.82, 2.24) is 5.09 Å². The quantitative estimate of drug-likeness (QED) is 0.681. The monoisotopic (exact) mass is 345 g/mol. The fourth-order valence-corrected chi connectivity index (χ4v) is 4.40. The van der Waals surface area contributed by atoms with Crippen molar-refractivity contribution in [3.63, 3.8) is 0 Å². The van der Waals surface area contributed by atoms with E-state index in [4.69, 9.17) is 9.05 Å². The highest BCUT2D eigenvalue weighted by Gasteiger charge is 2.29. The van der Waals surface area contributed by atoms with Crippen LogP contribution in [-0.2, 0) is 4.57 Å². The summed E-state index contributed by atoms with van der Waals surface area (Å²) in [6.07, 6.45) is 6.13. The summed E-state index contributed by atoms with van der Waals surface area (Å²) in [5.41, 5.74) is 0. The Labute approximate surface area is 143 Å². The zero-order valence-electron chi connectivity index (χ0n) is 13.8. The summed E-state index contributed by atoms with van der Waals surface area (Å²) < 4.78 is 24.7. The molecule has 1 N–H and O–H groups in total. The predicted molar refractivity (Wildman–Crippen MR) is 96.3 cm³/mol. The van der Waals surface area contributed by atoms with Crippen molar-refractivity contribution >= 4 is 7.75 Å². The average Bonchev–Trinajstić information content (AvgIpc) is 2.63. The van der Waals surface area contributed by atoms with Crippen molar-refractivity contribution in [3.05, 3.63) is 60.7 Å². The van der Waals surface area contributed by atoms with Crippen LogP contribution in [0.1, 0.15) is 32.1 Å². The van der Waals surface area contributed by atoms with Gasteiger partial charge in [-0.2, -0.15) is 0 Å². The van der Waals surface area contributed by atoms with Crippen LogP contribution in [0.3, 0.4) is 0 Å². The maximum atomic E-state index is 13.2. The Kier molecular flexibility index (Phi) is 5.95. The van der Waals surface area contributed by atoms with Crippen LogP contribution < -0.4 is 14.1 Å². The van der Waals surface area contributed by atoms with Gasteiger partial charge in [-0.1, -0.05) is 55.7 Å². The van der Waals surface area contributed by atoms with Gasteiger partial charge in [-0.15, -0.1) is 0 Å². The SMILES string of the molecule is O=P(NCC1CCCCC1)(Oc1ccccc1)Oc1ccccc1. The second-order valence-corrected chi connectivity index (χ2v) is 7.85. The highest BCUT2D eigenvalue weighted by Crippen LogP contribution is 2.45. The van der Waals surface area contributed by atoms with Crippen LogP contribution in [0.2, 0.25) is 0 Å². The van der Waals surface area contributed by atoms with Crippen LogP contribution in [-0.4, -0.2) is 6.54 Å². The van der Waals surface area contributed by atoms with Crippen LogP contribution in [0.25, 0.3) is 0 Å². The normalized spacial score (nSPS) is 15.8. The molecule has 3 rings (SSSR count). The van der Waals surface area contributed by atoms with Crippen LogP contribution in [0.4, 0.5) is 0 Å². The fraction of sp³-hybridized carbons (Fsp3) is 0.368. The summed E-state index contributed by atoms with van der Waals surface area (Å²) >= 11 is 0. The Balaban J connectivity index is 1.70.